The maximum absolute atomic E-state index is 13.1. The van der Waals surface area contributed by atoms with Gasteiger partial charge in [0.15, 0.2) is 0 Å². The molecule has 166 valence electrons. The molecule has 3 aromatic rings. The Morgan fingerprint density at radius 3 is 2.26 bits per heavy atom. The molecule has 0 radical (unpaired) electrons. The molecule has 1 amide bonds. The Morgan fingerprint density at radius 2 is 1.61 bits per heavy atom. The van der Waals surface area contributed by atoms with Gasteiger partial charge in [-0.25, -0.2) is 4.68 Å². The monoisotopic (exact) mass is 421 g/mol. The van der Waals surface area contributed by atoms with E-state index in [1.54, 1.807) is 4.90 Å². The number of aromatic nitrogens is 4. The summed E-state index contributed by atoms with van der Waals surface area (Å²) >= 11 is 0. The molecule has 0 aliphatic heterocycles. The van der Waals surface area contributed by atoms with Crippen molar-refractivity contribution in [3.8, 4) is 5.69 Å². The Bertz CT molecular complexity index is 1090. The van der Waals surface area contributed by atoms with Crippen LogP contribution in [0.5, 0.6) is 0 Å². The van der Waals surface area contributed by atoms with Crippen LogP contribution in [0.15, 0.2) is 24.3 Å². The average molecular weight is 422 g/mol. The van der Waals surface area contributed by atoms with Gasteiger partial charge in [-0.1, -0.05) is 32.0 Å². The standard InChI is InChI=1S/C25H35N5O/c1-16(2)14-29-20(6)22(18(4)26-29)13-25(31)28(8)15-23-19(5)27-30(21(23)7)24-12-10-9-11-17(24)3/h9-12,16H,13-15H2,1-8H3. The minimum atomic E-state index is 0.0951. The summed E-state index contributed by atoms with van der Waals surface area (Å²) in [5, 5.41) is 9.41. The van der Waals surface area contributed by atoms with Gasteiger partial charge in [0.1, 0.15) is 0 Å². The fraction of sp³-hybridized carbons (Fsp3) is 0.480. The van der Waals surface area contributed by atoms with Crippen LogP contribution in [0.3, 0.4) is 0 Å². The molecular weight excluding hydrogens is 386 g/mol. The normalized spacial score (nSPS) is 11.4. The summed E-state index contributed by atoms with van der Waals surface area (Å²) in [6, 6.07) is 8.22. The third kappa shape index (κ3) is 4.73. The Morgan fingerprint density at radius 1 is 0.968 bits per heavy atom. The van der Waals surface area contributed by atoms with Gasteiger partial charge in [0.25, 0.3) is 0 Å². The van der Waals surface area contributed by atoms with Gasteiger partial charge < -0.3 is 4.90 Å². The molecule has 0 saturated carbocycles. The van der Waals surface area contributed by atoms with Crippen molar-refractivity contribution < 1.29 is 4.79 Å². The van der Waals surface area contributed by atoms with Gasteiger partial charge in [0, 0.05) is 42.7 Å². The second kappa shape index (κ2) is 9.08. The van der Waals surface area contributed by atoms with Crippen molar-refractivity contribution in [2.75, 3.05) is 7.05 Å². The van der Waals surface area contributed by atoms with E-state index in [1.165, 1.54) is 5.56 Å². The number of likely N-dealkylation sites (N-methyl/N-ethyl adjacent to an activating group) is 1. The van der Waals surface area contributed by atoms with Crippen LogP contribution in [0.2, 0.25) is 0 Å². The summed E-state index contributed by atoms with van der Waals surface area (Å²) < 4.78 is 4.02. The van der Waals surface area contributed by atoms with E-state index in [2.05, 4.69) is 51.9 Å². The predicted octanol–water partition coefficient (Wildman–Crippen LogP) is 4.47. The number of rotatable bonds is 7. The summed E-state index contributed by atoms with van der Waals surface area (Å²) in [5.41, 5.74) is 8.46. The fourth-order valence-electron chi connectivity index (χ4n) is 4.06. The number of benzene rings is 1. The molecule has 2 aromatic heterocycles. The van der Waals surface area contributed by atoms with Crippen molar-refractivity contribution in [2.24, 2.45) is 5.92 Å². The Labute approximate surface area is 185 Å². The maximum Gasteiger partial charge on any atom is 0.227 e. The highest BCUT2D eigenvalue weighted by molar-refractivity contribution is 5.79. The first-order valence-corrected chi connectivity index (χ1v) is 11.0. The zero-order valence-corrected chi connectivity index (χ0v) is 20.2. The first kappa shape index (κ1) is 22.8. The van der Waals surface area contributed by atoms with E-state index in [4.69, 9.17) is 5.10 Å². The van der Waals surface area contributed by atoms with E-state index in [-0.39, 0.29) is 5.91 Å². The van der Waals surface area contributed by atoms with Crippen molar-refractivity contribution in [3.63, 3.8) is 0 Å². The number of hydrogen-bond acceptors (Lipinski definition) is 3. The molecule has 2 heterocycles. The molecule has 31 heavy (non-hydrogen) atoms. The lowest BCUT2D eigenvalue weighted by molar-refractivity contribution is -0.129. The number of amides is 1. The molecule has 3 rings (SSSR count). The minimum Gasteiger partial charge on any atom is -0.341 e. The molecule has 0 atom stereocenters. The van der Waals surface area contributed by atoms with Gasteiger partial charge >= 0.3 is 0 Å². The second-order valence-corrected chi connectivity index (χ2v) is 9.00. The number of carbonyl (C=O) groups is 1. The summed E-state index contributed by atoms with van der Waals surface area (Å²) in [4.78, 5) is 14.9. The summed E-state index contributed by atoms with van der Waals surface area (Å²) in [5.74, 6) is 0.609. The van der Waals surface area contributed by atoms with E-state index in [0.29, 0.717) is 18.9 Å². The average Bonchev–Trinajstić information content (AvgIpc) is 3.12. The van der Waals surface area contributed by atoms with Crippen molar-refractivity contribution in [3.05, 3.63) is 63.7 Å². The number of nitrogens with zero attached hydrogens (tertiary/aromatic N) is 5. The van der Waals surface area contributed by atoms with Gasteiger partial charge in [-0.05, 0) is 52.2 Å². The molecule has 1 aromatic carbocycles. The van der Waals surface area contributed by atoms with Gasteiger partial charge in [-0.2, -0.15) is 10.2 Å². The number of hydrogen-bond donors (Lipinski definition) is 0. The highest BCUT2D eigenvalue weighted by Crippen LogP contribution is 2.22. The lowest BCUT2D eigenvalue weighted by atomic mass is 10.1. The predicted molar refractivity (Wildman–Crippen MR) is 124 cm³/mol. The smallest absolute Gasteiger partial charge is 0.227 e. The van der Waals surface area contributed by atoms with Crippen LogP contribution < -0.4 is 0 Å². The van der Waals surface area contributed by atoms with Crippen molar-refractivity contribution in [1.29, 1.82) is 0 Å². The first-order chi connectivity index (χ1) is 14.6. The Hall–Kier alpha value is -2.89. The topological polar surface area (TPSA) is 56.0 Å². The van der Waals surface area contributed by atoms with Crippen LogP contribution in [0.4, 0.5) is 0 Å². The van der Waals surface area contributed by atoms with Crippen LogP contribution in [-0.2, 0) is 24.3 Å². The lowest BCUT2D eigenvalue weighted by Gasteiger charge is -2.18. The van der Waals surface area contributed by atoms with Crippen LogP contribution in [0, 0.1) is 40.5 Å². The van der Waals surface area contributed by atoms with Gasteiger partial charge in [0.05, 0.1) is 23.5 Å². The number of aryl methyl sites for hydroxylation is 3. The van der Waals surface area contributed by atoms with E-state index >= 15 is 0 Å². The van der Waals surface area contributed by atoms with Gasteiger partial charge in [-0.15, -0.1) is 0 Å². The van der Waals surface area contributed by atoms with Crippen molar-refractivity contribution in [1.82, 2.24) is 24.5 Å². The van der Waals surface area contributed by atoms with E-state index in [1.807, 2.05) is 42.4 Å². The first-order valence-electron chi connectivity index (χ1n) is 11.0. The molecule has 0 fully saturated rings. The van der Waals surface area contributed by atoms with Gasteiger partial charge in [0.2, 0.25) is 5.91 Å². The number of carbonyl (C=O) groups excluding carboxylic acids is 1. The number of para-hydroxylation sites is 1. The Balaban J connectivity index is 1.78. The minimum absolute atomic E-state index is 0.0951. The van der Waals surface area contributed by atoms with Crippen LogP contribution in [0.25, 0.3) is 5.69 Å². The maximum atomic E-state index is 13.1. The zero-order valence-electron chi connectivity index (χ0n) is 20.2. The zero-order chi connectivity index (χ0) is 22.9. The van der Waals surface area contributed by atoms with E-state index in [0.717, 1.165) is 46.1 Å². The molecule has 0 N–H and O–H groups in total. The van der Waals surface area contributed by atoms with Gasteiger partial charge in [-0.3, -0.25) is 9.48 Å². The molecule has 6 heteroatoms. The lowest BCUT2D eigenvalue weighted by Crippen LogP contribution is -2.28. The quantitative estimate of drug-likeness (QED) is 0.566. The largest absolute Gasteiger partial charge is 0.341 e. The molecule has 0 unspecified atom stereocenters. The molecule has 0 aliphatic rings. The van der Waals surface area contributed by atoms with Crippen LogP contribution in [0.1, 0.15) is 53.3 Å². The summed E-state index contributed by atoms with van der Waals surface area (Å²) in [7, 11) is 1.87. The fourth-order valence-corrected chi connectivity index (χ4v) is 4.06. The summed E-state index contributed by atoms with van der Waals surface area (Å²) in [6.07, 6.45) is 0.371. The van der Waals surface area contributed by atoms with Crippen LogP contribution in [-0.4, -0.2) is 37.4 Å². The SMILES string of the molecule is Cc1ccccc1-n1nc(C)c(CN(C)C(=O)Cc2c(C)nn(CC(C)C)c2C)c1C. The molecule has 0 saturated heterocycles. The molecule has 6 nitrogen and oxygen atoms in total. The second-order valence-electron chi connectivity index (χ2n) is 9.00. The van der Waals surface area contributed by atoms with E-state index in [9.17, 15) is 4.79 Å². The third-order valence-electron chi connectivity index (χ3n) is 6.00. The molecular formula is C25H35N5O. The van der Waals surface area contributed by atoms with Crippen molar-refractivity contribution in [2.45, 2.75) is 68.0 Å². The van der Waals surface area contributed by atoms with Crippen molar-refractivity contribution >= 4 is 5.91 Å². The highest BCUT2D eigenvalue weighted by Gasteiger charge is 2.21. The molecule has 0 bridgehead atoms. The summed E-state index contributed by atoms with van der Waals surface area (Å²) in [6.45, 7) is 16.0. The molecule has 0 aliphatic carbocycles. The Kier molecular flexibility index (Phi) is 6.68. The highest BCUT2D eigenvalue weighted by atomic mass is 16.2. The van der Waals surface area contributed by atoms with Crippen LogP contribution >= 0.6 is 0 Å². The third-order valence-corrected chi connectivity index (χ3v) is 6.00. The van der Waals surface area contributed by atoms with E-state index < -0.39 is 0 Å². The molecule has 0 spiro atoms.